The highest BCUT2D eigenvalue weighted by molar-refractivity contribution is 9.09. The molecular formula is C31H36BrN3O5. The van der Waals surface area contributed by atoms with Crippen LogP contribution in [0.1, 0.15) is 19.8 Å². The van der Waals surface area contributed by atoms with E-state index in [1.54, 1.807) is 22.0 Å². The third kappa shape index (κ3) is 4.48. The molecule has 1 spiro atoms. The lowest BCUT2D eigenvalue weighted by Gasteiger charge is -2.37. The Labute approximate surface area is 243 Å². The molecule has 3 heterocycles. The van der Waals surface area contributed by atoms with Crippen LogP contribution in [0, 0.1) is 11.8 Å². The SMILES string of the molecule is C=CCN(CCC)C(=O)[C@H]1[C@@H]2OC3(CC2Br)C(C(=O)N(CC=C)c2ccc4ccccc4c2)N(CCO)C(=O)[C@H]13. The molecule has 3 unspecified atom stereocenters. The van der Waals surface area contributed by atoms with Gasteiger partial charge in [0.05, 0.1) is 24.5 Å². The van der Waals surface area contributed by atoms with Crippen molar-refractivity contribution in [3.8, 4) is 0 Å². The maximum absolute atomic E-state index is 14.5. The third-order valence-electron chi connectivity index (χ3n) is 8.43. The van der Waals surface area contributed by atoms with Crippen LogP contribution in [0.4, 0.5) is 5.69 Å². The van der Waals surface area contributed by atoms with Crippen LogP contribution in [-0.2, 0) is 19.1 Å². The van der Waals surface area contributed by atoms with E-state index in [0.717, 1.165) is 17.2 Å². The van der Waals surface area contributed by atoms with Crippen molar-refractivity contribution >= 4 is 50.1 Å². The van der Waals surface area contributed by atoms with E-state index in [-0.39, 0.29) is 42.2 Å². The number of carbonyl (C=O) groups is 3. The van der Waals surface area contributed by atoms with Crippen molar-refractivity contribution in [3.05, 3.63) is 67.8 Å². The van der Waals surface area contributed by atoms with Gasteiger partial charge in [0.1, 0.15) is 11.6 Å². The van der Waals surface area contributed by atoms with Crippen LogP contribution in [-0.4, -0.2) is 88.0 Å². The molecule has 3 saturated heterocycles. The molecule has 3 aliphatic heterocycles. The number of fused-ring (bicyclic) bond motifs is 2. The summed E-state index contributed by atoms with van der Waals surface area (Å²) in [4.78, 5) is 47.1. The number of carbonyl (C=O) groups excluding carboxylic acids is 3. The summed E-state index contributed by atoms with van der Waals surface area (Å²) >= 11 is 3.72. The average Bonchev–Trinajstić information content (AvgIpc) is 3.54. The summed E-state index contributed by atoms with van der Waals surface area (Å²) < 4.78 is 6.61. The molecule has 0 aliphatic carbocycles. The number of aliphatic hydroxyl groups is 1. The van der Waals surface area contributed by atoms with Crippen molar-refractivity contribution in [1.82, 2.24) is 9.80 Å². The van der Waals surface area contributed by atoms with Crippen LogP contribution in [0.15, 0.2) is 67.8 Å². The van der Waals surface area contributed by atoms with Gasteiger partial charge in [-0.15, -0.1) is 13.2 Å². The lowest BCUT2D eigenvalue weighted by molar-refractivity contribution is -0.145. The molecule has 9 heteroatoms. The second-order valence-electron chi connectivity index (χ2n) is 10.8. The van der Waals surface area contributed by atoms with E-state index in [1.807, 2.05) is 49.4 Å². The number of halogens is 1. The quantitative estimate of drug-likeness (QED) is 0.311. The first-order valence-corrected chi connectivity index (χ1v) is 14.8. The molecule has 8 nitrogen and oxygen atoms in total. The molecule has 6 atom stereocenters. The van der Waals surface area contributed by atoms with Crippen LogP contribution in [0.25, 0.3) is 10.8 Å². The van der Waals surface area contributed by atoms with Gasteiger partial charge in [-0.1, -0.05) is 65.3 Å². The molecule has 2 aromatic rings. The van der Waals surface area contributed by atoms with Crippen LogP contribution in [0.2, 0.25) is 0 Å². The Morgan fingerprint density at radius 1 is 1.15 bits per heavy atom. The molecule has 2 bridgehead atoms. The molecule has 1 N–H and O–H groups in total. The number of anilines is 1. The number of likely N-dealkylation sites (tertiary alicyclic amines) is 1. The van der Waals surface area contributed by atoms with E-state index in [2.05, 4.69) is 29.1 Å². The second kappa shape index (κ2) is 11.5. The summed E-state index contributed by atoms with van der Waals surface area (Å²) in [5.41, 5.74) is -0.513. The maximum Gasteiger partial charge on any atom is 0.253 e. The van der Waals surface area contributed by atoms with Crippen LogP contribution in [0.5, 0.6) is 0 Å². The molecule has 40 heavy (non-hydrogen) atoms. The topological polar surface area (TPSA) is 90.4 Å². The summed E-state index contributed by atoms with van der Waals surface area (Å²) in [6, 6.07) is 12.7. The van der Waals surface area contributed by atoms with Gasteiger partial charge in [0.2, 0.25) is 11.8 Å². The van der Waals surface area contributed by atoms with Gasteiger partial charge >= 0.3 is 0 Å². The van der Waals surface area contributed by atoms with Crippen molar-refractivity contribution in [1.29, 1.82) is 0 Å². The zero-order valence-electron chi connectivity index (χ0n) is 22.7. The number of alkyl halides is 1. The number of hydrogen-bond acceptors (Lipinski definition) is 5. The fraction of sp³-hybridized carbons (Fsp3) is 0.452. The summed E-state index contributed by atoms with van der Waals surface area (Å²) in [7, 11) is 0. The minimum absolute atomic E-state index is 0.0274. The largest absolute Gasteiger partial charge is 0.395 e. The number of benzene rings is 2. The van der Waals surface area contributed by atoms with Crippen molar-refractivity contribution in [3.63, 3.8) is 0 Å². The highest BCUT2D eigenvalue weighted by Gasteiger charge is 2.76. The van der Waals surface area contributed by atoms with Gasteiger partial charge in [0.15, 0.2) is 0 Å². The summed E-state index contributed by atoms with van der Waals surface area (Å²) in [5, 5.41) is 12.0. The highest BCUT2D eigenvalue weighted by Crippen LogP contribution is 2.60. The summed E-state index contributed by atoms with van der Waals surface area (Å²) in [6.07, 6.45) is 3.97. The van der Waals surface area contributed by atoms with Gasteiger partial charge in [0, 0.05) is 36.7 Å². The van der Waals surface area contributed by atoms with Crippen LogP contribution >= 0.6 is 15.9 Å². The van der Waals surface area contributed by atoms with Crippen molar-refractivity contribution in [2.45, 2.75) is 42.3 Å². The average molecular weight is 611 g/mol. The zero-order valence-corrected chi connectivity index (χ0v) is 24.3. The molecule has 3 amide bonds. The Hall–Kier alpha value is -3.01. The van der Waals surface area contributed by atoms with E-state index in [9.17, 15) is 19.5 Å². The number of β-amino-alcohol motifs (C(OH)–C–C–N with tert-alkyl or cyclic N) is 1. The minimum Gasteiger partial charge on any atom is -0.395 e. The van der Waals surface area contributed by atoms with Gasteiger partial charge in [0.25, 0.3) is 5.91 Å². The summed E-state index contributed by atoms with van der Waals surface area (Å²) in [5.74, 6) is -2.34. The Kier molecular flexibility index (Phi) is 8.17. The lowest BCUT2D eigenvalue weighted by atomic mass is 9.70. The fourth-order valence-corrected chi connectivity index (χ4v) is 7.85. The normalized spacial score (nSPS) is 28.5. The molecule has 212 valence electrons. The fourth-order valence-electron chi connectivity index (χ4n) is 6.91. The van der Waals surface area contributed by atoms with Crippen molar-refractivity contribution in [2.24, 2.45) is 11.8 Å². The number of aliphatic hydroxyl groups excluding tert-OH is 1. The Morgan fingerprint density at radius 2 is 1.88 bits per heavy atom. The molecule has 2 aromatic carbocycles. The molecule has 0 saturated carbocycles. The van der Waals surface area contributed by atoms with E-state index >= 15 is 0 Å². The third-order valence-corrected chi connectivity index (χ3v) is 9.27. The monoisotopic (exact) mass is 609 g/mol. The Balaban J connectivity index is 1.57. The number of rotatable bonds is 11. The Bertz CT molecular complexity index is 1330. The van der Waals surface area contributed by atoms with Gasteiger partial charge in [-0.2, -0.15) is 0 Å². The van der Waals surface area contributed by atoms with Crippen LogP contribution in [0.3, 0.4) is 0 Å². The smallest absolute Gasteiger partial charge is 0.253 e. The second-order valence-corrected chi connectivity index (χ2v) is 11.9. The number of hydrogen-bond donors (Lipinski definition) is 1. The molecule has 0 radical (unpaired) electrons. The standard InChI is InChI=1S/C31H36BrN3O5/c1-4-13-33(14-5-2)28(37)24-25-29(38)35(16-17-36)27(31(25)19-23(32)26(24)40-31)30(39)34(15-6-3)22-12-11-20-9-7-8-10-21(20)18-22/h4,6-12,18,23-27,36H,1,3,5,13-17,19H2,2H3/t23?,24-,25+,26-,27?,31?/m1/s1. The number of ether oxygens (including phenoxy) is 1. The maximum atomic E-state index is 14.5. The van der Waals surface area contributed by atoms with Crippen LogP contribution < -0.4 is 4.90 Å². The van der Waals surface area contributed by atoms with Gasteiger partial charge < -0.3 is 24.5 Å². The van der Waals surface area contributed by atoms with E-state index in [4.69, 9.17) is 4.74 Å². The number of amides is 3. The highest BCUT2D eigenvalue weighted by atomic mass is 79.9. The Morgan fingerprint density at radius 3 is 2.55 bits per heavy atom. The lowest BCUT2D eigenvalue weighted by Crippen LogP contribution is -2.57. The predicted octanol–water partition coefficient (Wildman–Crippen LogP) is 3.52. The first-order valence-electron chi connectivity index (χ1n) is 13.9. The molecule has 3 aliphatic rings. The van der Waals surface area contributed by atoms with E-state index in [0.29, 0.717) is 25.2 Å². The molecule has 0 aromatic heterocycles. The predicted molar refractivity (Wildman–Crippen MR) is 158 cm³/mol. The van der Waals surface area contributed by atoms with Gasteiger partial charge in [-0.3, -0.25) is 14.4 Å². The first-order chi connectivity index (χ1) is 19.3. The van der Waals surface area contributed by atoms with E-state index < -0.39 is 29.6 Å². The molecule has 3 fully saturated rings. The van der Waals surface area contributed by atoms with Crippen molar-refractivity contribution in [2.75, 3.05) is 37.7 Å². The first kappa shape index (κ1) is 28.5. The van der Waals surface area contributed by atoms with E-state index in [1.165, 1.54) is 4.90 Å². The summed E-state index contributed by atoms with van der Waals surface area (Å²) in [6.45, 7) is 10.5. The zero-order chi connectivity index (χ0) is 28.6. The van der Waals surface area contributed by atoms with Gasteiger partial charge in [-0.05, 0) is 35.7 Å². The van der Waals surface area contributed by atoms with Gasteiger partial charge in [-0.25, -0.2) is 0 Å². The molecule has 5 rings (SSSR count). The molecular weight excluding hydrogens is 574 g/mol. The minimum atomic E-state index is -1.19. The van der Waals surface area contributed by atoms with Crippen molar-refractivity contribution < 1.29 is 24.2 Å². The number of nitrogens with zero attached hydrogens (tertiary/aromatic N) is 3.